The number of carbonyl (C=O) groups is 1. The Hall–Kier alpha value is -2.32. The van der Waals surface area contributed by atoms with Gasteiger partial charge in [0, 0.05) is 24.6 Å². The predicted molar refractivity (Wildman–Crippen MR) is 114 cm³/mol. The van der Waals surface area contributed by atoms with E-state index in [-0.39, 0.29) is 35.9 Å². The summed E-state index contributed by atoms with van der Waals surface area (Å²) in [5.41, 5.74) is 1.28. The van der Waals surface area contributed by atoms with Gasteiger partial charge in [0.1, 0.15) is 5.82 Å². The standard InChI is InChI=1S/C23H31FN4O3/c1-14-11-19(5-6-20(14)24)21-25-22(31-26-21)17(4)27-9-7-18(8-10-27)23(29)28-12-15(2)30-16(3)13-28/h5-6,11,15-18H,7-10,12-13H2,1-4H3. The zero-order valence-electron chi connectivity index (χ0n) is 18.7. The molecule has 0 N–H and O–H groups in total. The van der Waals surface area contributed by atoms with Crippen molar-refractivity contribution in [1.82, 2.24) is 19.9 Å². The second kappa shape index (κ2) is 9.04. The number of likely N-dealkylation sites (tertiary alicyclic amines) is 1. The molecule has 0 radical (unpaired) electrons. The first-order chi connectivity index (χ1) is 14.8. The van der Waals surface area contributed by atoms with Crippen molar-refractivity contribution < 1.29 is 18.4 Å². The molecule has 2 fully saturated rings. The molecule has 2 saturated heterocycles. The summed E-state index contributed by atoms with van der Waals surface area (Å²) in [6, 6.07) is 4.76. The Labute approximate surface area is 182 Å². The molecular formula is C23H31FN4O3. The van der Waals surface area contributed by atoms with Crippen LogP contribution in [0.4, 0.5) is 4.39 Å². The summed E-state index contributed by atoms with van der Waals surface area (Å²) < 4.78 is 24.8. The van der Waals surface area contributed by atoms with Crippen LogP contribution in [-0.4, -0.2) is 64.2 Å². The van der Waals surface area contributed by atoms with Crippen molar-refractivity contribution in [3.05, 3.63) is 35.5 Å². The van der Waals surface area contributed by atoms with Gasteiger partial charge in [-0.05, 0) is 77.4 Å². The average molecular weight is 431 g/mol. The van der Waals surface area contributed by atoms with Crippen LogP contribution in [0.2, 0.25) is 0 Å². The molecular weight excluding hydrogens is 399 g/mol. The highest BCUT2D eigenvalue weighted by atomic mass is 19.1. The van der Waals surface area contributed by atoms with E-state index in [9.17, 15) is 9.18 Å². The lowest BCUT2D eigenvalue weighted by molar-refractivity contribution is -0.149. The van der Waals surface area contributed by atoms with Crippen molar-refractivity contribution in [2.45, 2.75) is 58.8 Å². The quantitative estimate of drug-likeness (QED) is 0.738. The van der Waals surface area contributed by atoms with E-state index in [1.54, 1.807) is 19.1 Å². The van der Waals surface area contributed by atoms with Crippen LogP contribution in [0.1, 0.15) is 51.1 Å². The van der Waals surface area contributed by atoms with Gasteiger partial charge in [0.05, 0.1) is 18.2 Å². The Bertz CT molecular complexity index is 915. The number of benzene rings is 1. The molecule has 2 aromatic rings. The molecule has 1 amide bonds. The number of nitrogens with zero attached hydrogens (tertiary/aromatic N) is 4. The minimum atomic E-state index is -0.251. The van der Waals surface area contributed by atoms with Crippen molar-refractivity contribution in [2.75, 3.05) is 26.2 Å². The lowest BCUT2D eigenvalue weighted by Gasteiger charge is -2.39. The van der Waals surface area contributed by atoms with Gasteiger partial charge in [-0.25, -0.2) is 4.39 Å². The molecule has 2 aliphatic rings. The molecule has 168 valence electrons. The molecule has 0 spiro atoms. The number of hydrogen-bond donors (Lipinski definition) is 0. The summed E-state index contributed by atoms with van der Waals surface area (Å²) in [5.74, 6) is 1.06. The Morgan fingerprint density at radius 2 is 1.87 bits per heavy atom. The number of morpholine rings is 1. The molecule has 0 aliphatic carbocycles. The summed E-state index contributed by atoms with van der Waals surface area (Å²) in [7, 11) is 0. The van der Waals surface area contributed by atoms with Crippen molar-refractivity contribution in [2.24, 2.45) is 5.92 Å². The molecule has 4 rings (SSSR count). The van der Waals surface area contributed by atoms with Gasteiger partial charge < -0.3 is 14.2 Å². The van der Waals surface area contributed by atoms with Crippen molar-refractivity contribution in [3.63, 3.8) is 0 Å². The molecule has 3 heterocycles. The van der Waals surface area contributed by atoms with Crippen molar-refractivity contribution in [1.29, 1.82) is 0 Å². The topological polar surface area (TPSA) is 71.7 Å². The molecule has 1 aromatic carbocycles. The number of carbonyl (C=O) groups excluding carboxylic acids is 1. The number of aromatic nitrogens is 2. The van der Waals surface area contributed by atoms with E-state index in [4.69, 9.17) is 9.26 Å². The van der Waals surface area contributed by atoms with E-state index in [0.29, 0.717) is 30.4 Å². The third-order valence-corrected chi connectivity index (χ3v) is 6.37. The fourth-order valence-corrected chi connectivity index (χ4v) is 4.61. The number of amides is 1. The third-order valence-electron chi connectivity index (χ3n) is 6.37. The minimum Gasteiger partial charge on any atom is -0.372 e. The number of halogens is 1. The van der Waals surface area contributed by atoms with Crippen LogP contribution >= 0.6 is 0 Å². The largest absolute Gasteiger partial charge is 0.372 e. The van der Waals surface area contributed by atoms with Gasteiger partial charge in [-0.3, -0.25) is 9.69 Å². The number of piperidine rings is 1. The van der Waals surface area contributed by atoms with Gasteiger partial charge >= 0.3 is 0 Å². The van der Waals surface area contributed by atoms with Crippen LogP contribution in [0.25, 0.3) is 11.4 Å². The van der Waals surface area contributed by atoms with Crippen LogP contribution in [-0.2, 0) is 9.53 Å². The molecule has 3 atom stereocenters. The van der Waals surface area contributed by atoms with E-state index in [1.165, 1.54) is 6.07 Å². The molecule has 8 heteroatoms. The van der Waals surface area contributed by atoms with Crippen LogP contribution in [0, 0.1) is 18.7 Å². The van der Waals surface area contributed by atoms with E-state index in [0.717, 1.165) is 31.5 Å². The zero-order chi connectivity index (χ0) is 22.1. The van der Waals surface area contributed by atoms with Gasteiger partial charge in [0.15, 0.2) is 0 Å². The number of aryl methyl sites for hydroxylation is 1. The number of hydrogen-bond acceptors (Lipinski definition) is 6. The fourth-order valence-electron chi connectivity index (χ4n) is 4.61. The first-order valence-corrected chi connectivity index (χ1v) is 11.1. The molecule has 7 nitrogen and oxygen atoms in total. The SMILES string of the molecule is Cc1cc(-c2noc(C(C)N3CCC(C(=O)N4CC(C)OC(C)C4)CC3)n2)ccc1F. The minimum absolute atomic E-state index is 0.0396. The zero-order valence-corrected chi connectivity index (χ0v) is 18.7. The first-order valence-electron chi connectivity index (χ1n) is 11.1. The Morgan fingerprint density at radius 3 is 2.52 bits per heavy atom. The molecule has 0 saturated carbocycles. The van der Waals surface area contributed by atoms with Crippen LogP contribution in [0.5, 0.6) is 0 Å². The molecule has 31 heavy (non-hydrogen) atoms. The van der Waals surface area contributed by atoms with E-state index in [1.807, 2.05) is 25.7 Å². The Kier molecular flexibility index (Phi) is 6.39. The van der Waals surface area contributed by atoms with Gasteiger partial charge in [-0.2, -0.15) is 4.98 Å². The summed E-state index contributed by atoms with van der Waals surface area (Å²) >= 11 is 0. The van der Waals surface area contributed by atoms with Crippen LogP contribution in [0.3, 0.4) is 0 Å². The third kappa shape index (κ3) is 4.80. The van der Waals surface area contributed by atoms with E-state index in [2.05, 4.69) is 15.0 Å². The van der Waals surface area contributed by atoms with Crippen LogP contribution in [0.15, 0.2) is 22.7 Å². The lowest BCUT2D eigenvalue weighted by atomic mass is 9.94. The first kappa shape index (κ1) is 21.9. The maximum Gasteiger partial charge on any atom is 0.244 e. The molecule has 2 aliphatic heterocycles. The average Bonchev–Trinajstić information content (AvgIpc) is 3.24. The fraction of sp³-hybridized carbons (Fsp3) is 0.609. The van der Waals surface area contributed by atoms with E-state index < -0.39 is 0 Å². The van der Waals surface area contributed by atoms with Crippen molar-refractivity contribution in [3.8, 4) is 11.4 Å². The number of rotatable bonds is 4. The summed E-state index contributed by atoms with van der Waals surface area (Å²) in [5, 5.41) is 4.08. The highest BCUT2D eigenvalue weighted by molar-refractivity contribution is 5.79. The summed E-state index contributed by atoms with van der Waals surface area (Å²) in [4.78, 5) is 21.8. The second-order valence-corrected chi connectivity index (χ2v) is 8.91. The molecule has 3 unspecified atom stereocenters. The maximum absolute atomic E-state index is 13.5. The van der Waals surface area contributed by atoms with Crippen LogP contribution < -0.4 is 0 Å². The van der Waals surface area contributed by atoms with Gasteiger partial charge in [0.25, 0.3) is 0 Å². The Morgan fingerprint density at radius 1 is 1.19 bits per heavy atom. The van der Waals surface area contributed by atoms with E-state index >= 15 is 0 Å². The highest BCUT2D eigenvalue weighted by Crippen LogP contribution is 2.29. The maximum atomic E-state index is 13.5. The lowest BCUT2D eigenvalue weighted by Crippen LogP contribution is -2.51. The summed E-state index contributed by atoms with van der Waals surface area (Å²) in [6.07, 6.45) is 1.82. The van der Waals surface area contributed by atoms with Gasteiger partial charge in [0.2, 0.25) is 17.6 Å². The predicted octanol–water partition coefficient (Wildman–Crippen LogP) is 3.59. The monoisotopic (exact) mass is 430 g/mol. The normalized spacial score (nSPS) is 24.4. The number of ether oxygens (including phenoxy) is 1. The van der Waals surface area contributed by atoms with Gasteiger partial charge in [-0.15, -0.1) is 0 Å². The van der Waals surface area contributed by atoms with Gasteiger partial charge in [-0.1, -0.05) is 5.16 Å². The highest BCUT2D eigenvalue weighted by Gasteiger charge is 2.34. The smallest absolute Gasteiger partial charge is 0.244 e. The second-order valence-electron chi connectivity index (χ2n) is 8.91. The Balaban J connectivity index is 1.35. The molecule has 0 bridgehead atoms. The summed E-state index contributed by atoms with van der Waals surface area (Å²) in [6.45, 7) is 10.8. The molecule has 1 aromatic heterocycles. The van der Waals surface area contributed by atoms with Crippen molar-refractivity contribution >= 4 is 5.91 Å².